The first kappa shape index (κ1) is 16.5. The van der Waals surface area contributed by atoms with E-state index in [2.05, 4.69) is 10.5 Å². The van der Waals surface area contributed by atoms with Crippen LogP contribution in [0, 0.1) is 5.41 Å². The van der Waals surface area contributed by atoms with Crippen LogP contribution in [0.1, 0.15) is 68.3 Å². The van der Waals surface area contributed by atoms with E-state index in [4.69, 9.17) is 4.52 Å². The Morgan fingerprint density at radius 2 is 2.00 bits per heavy atom. The van der Waals surface area contributed by atoms with Gasteiger partial charge in [-0.25, -0.2) is 4.79 Å². The first-order chi connectivity index (χ1) is 10.3. The number of aromatic nitrogens is 1. The molecule has 0 fully saturated rings. The van der Waals surface area contributed by atoms with Crippen LogP contribution in [-0.2, 0) is 17.6 Å². The number of carboxylic acids is 1. The third-order valence-electron chi connectivity index (χ3n) is 3.95. The first-order valence-corrected chi connectivity index (χ1v) is 7.79. The number of carbonyl (C=O) groups excluding carboxylic acids is 1. The van der Waals surface area contributed by atoms with Gasteiger partial charge in [-0.15, -0.1) is 0 Å². The molecule has 1 aromatic heterocycles. The predicted octanol–water partition coefficient (Wildman–Crippen LogP) is 2.56. The number of carbonyl (C=O) groups is 2. The van der Waals surface area contributed by atoms with E-state index in [1.165, 1.54) is 0 Å². The molecule has 0 bridgehead atoms. The van der Waals surface area contributed by atoms with E-state index in [-0.39, 0.29) is 11.1 Å². The highest BCUT2D eigenvalue weighted by Crippen LogP contribution is 2.25. The van der Waals surface area contributed by atoms with Gasteiger partial charge in [-0.3, -0.25) is 4.79 Å². The third-order valence-corrected chi connectivity index (χ3v) is 3.95. The number of nitrogens with zero attached hydrogens (tertiary/aromatic N) is 1. The Morgan fingerprint density at radius 1 is 1.32 bits per heavy atom. The number of aryl methyl sites for hydroxylation is 1. The molecule has 2 N–H and O–H groups in total. The zero-order valence-corrected chi connectivity index (χ0v) is 13.4. The number of hydrogen-bond acceptors (Lipinski definition) is 4. The van der Waals surface area contributed by atoms with Crippen LogP contribution < -0.4 is 5.32 Å². The molecule has 1 aliphatic rings. The molecule has 6 heteroatoms. The maximum Gasteiger partial charge on any atom is 0.326 e. The van der Waals surface area contributed by atoms with Gasteiger partial charge in [0.15, 0.2) is 5.69 Å². The quantitative estimate of drug-likeness (QED) is 0.872. The molecule has 0 aliphatic heterocycles. The fourth-order valence-electron chi connectivity index (χ4n) is 2.62. The molecule has 0 spiro atoms. The van der Waals surface area contributed by atoms with Crippen LogP contribution in [0.3, 0.4) is 0 Å². The summed E-state index contributed by atoms with van der Waals surface area (Å²) in [6.07, 6.45) is 4.70. The van der Waals surface area contributed by atoms with Crippen molar-refractivity contribution in [3.63, 3.8) is 0 Å². The van der Waals surface area contributed by atoms with Gasteiger partial charge < -0.3 is 14.9 Å². The second-order valence-corrected chi connectivity index (χ2v) is 7.10. The van der Waals surface area contributed by atoms with Gasteiger partial charge in [0.1, 0.15) is 11.8 Å². The summed E-state index contributed by atoms with van der Waals surface area (Å²) in [6, 6.07) is -0.900. The summed E-state index contributed by atoms with van der Waals surface area (Å²) in [6.45, 7) is 6.13. The summed E-state index contributed by atoms with van der Waals surface area (Å²) < 4.78 is 5.21. The van der Waals surface area contributed by atoms with Gasteiger partial charge in [-0.2, -0.15) is 0 Å². The number of amides is 1. The summed E-state index contributed by atoms with van der Waals surface area (Å²) in [4.78, 5) is 23.7. The highest BCUT2D eigenvalue weighted by Gasteiger charge is 2.28. The molecule has 1 aliphatic carbocycles. The number of fused-ring (bicyclic) bond motifs is 1. The molecule has 0 radical (unpaired) electrons. The van der Waals surface area contributed by atoms with Crippen LogP contribution in [-0.4, -0.2) is 28.2 Å². The normalized spacial score (nSPS) is 16.0. The topological polar surface area (TPSA) is 92.4 Å². The molecule has 1 heterocycles. The summed E-state index contributed by atoms with van der Waals surface area (Å²) in [5, 5.41) is 15.7. The minimum absolute atomic E-state index is 0.0193. The average Bonchev–Trinajstić information content (AvgIpc) is 2.85. The van der Waals surface area contributed by atoms with Gasteiger partial charge in [0.05, 0.1) is 0 Å². The highest BCUT2D eigenvalue weighted by atomic mass is 16.5. The van der Waals surface area contributed by atoms with E-state index in [9.17, 15) is 14.7 Å². The number of rotatable bonds is 5. The van der Waals surface area contributed by atoms with Crippen LogP contribution in [0.15, 0.2) is 4.52 Å². The van der Waals surface area contributed by atoms with Gasteiger partial charge in [-0.05, 0) is 37.5 Å². The van der Waals surface area contributed by atoms with E-state index in [0.717, 1.165) is 37.0 Å². The molecule has 1 amide bonds. The SMILES string of the molecule is CC(C)(C)CCC(NC(=O)c1noc2c1CCCC2)C(=O)O. The molecule has 122 valence electrons. The Labute approximate surface area is 130 Å². The zero-order valence-electron chi connectivity index (χ0n) is 13.4. The maximum atomic E-state index is 12.3. The molecule has 0 saturated heterocycles. The minimum atomic E-state index is -1.02. The van der Waals surface area contributed by atoms with E-state index >= 15 is 0 Å². The third kappa shape index (κ3) is 4.08. The van der Waals surface area contributed by atoms with Gasteiger partial charge in [0.25, 0.3) is 5.91 Å². The van der Waals surface area contributed by atoms with E-state index in [1.807, 2.05) is 20.8 Å². The lowest BCUT2D eigenvalue weighted by Gasteiger charge is -2.21. The van der Waals surface area contributed by atoms with Gasteiger partial charge in [-0.1, -0.05) is 25.9 Å². The molecule has 1 atom stereocenters. The maximum absolute atomic E-state index is 12.3. The van der Waals surface area contributed by atoms with Crippen molar-refractivity contribution >= 4 is 11.9 Å². The van der Waals surface area contributed by atoms with Crippen LogP contribution >= 0.6 is 0 Å². The summed E-state index contributed by atoms with van der Waals surface area (Å²) in [5.74, 6) is -0.707. The number of carboxylic acid groups (broad SMARTS) is 1. The summed E-state index contributed by atoms with van der Waals surface area (Å²) >= 11 is 0. The van der Waals surface area contributed by atoms with Crippen LogP contribution in [0.25, 0.3) is 0 Å². The second kappa shape index (κ2) is 6.50. The fraction of sp³-hybridized carbons (Fsp3) is 0.688. The Morgan fingerprint density at radius 3 is 2.64 bits per heavy atom. The van der Waals surface area contributed by atoms with Crippen LogP contribution in [0.2, 0.25) is 0 Å². The summed E-state index contributed by atoms with van der Waals surface area (Å²) in [7, 11) is 0. The molecule has 0 aromatic carbocycles. The zero-order chi connectivity index (χ0) is 16.3. The fourth-order valence-corrected chi connectivity index (χ4v) is 2.62. The minimum Gasteiger partial charge on any atom is -0.480 e. The monoisotopic (exact) mass is 308 g/mol. The first-order valence-electron chi connectivity index (χ1n) is 7.79. The highest BCUT2D eigenvalue weighted by molar-refractivity contribution is 5.96. The Hall–Kier alpha value is -1.85. The van der Waals surface area contributed by atoms with Gasteiger partial charge >= 0.3 is 5.97 Å². The smallest absolute Gasteiger partial charge is 0.326 e. The van der Waals surface area contributed by atoms with Crippen molar-refractivity contribution < 1.29 is 19.2 Å². The van der Waals surface area contributed by atoms with Crippen molar-refractivity contribution in [1.29, 1.82) is 0 Å². The van der Waals surface area contributed by atoms with E-state index in [1.54, 1.807) is 0 Å². The van der Waals surface area contributed by atoms with Crippen molar-refractivity contribution in [3.8, 4) is 0 Å². The van der Waals surface area contributed by atoms with Gasteiger partial charge in [0.2, 0.25) is 0 Å². The molecular weight excluding hydrogens is 284 g/mol. The van der Waals surface area contributed by atoms with Crippen molar-refractivity contribution in [2.24, 2.45) is 5.41 Å². The Balaban J connectivity index is 2.05. The molecule has 1 aromatic rings. The molecular formula is C16H24N2O4. The van der Waals surface area contributed by atoms with E-state index in [0.29, 0.717) is 12.8 Å². The van der Waals surface area contributed by atoms with E-state index < -0.39 is 17.9 Å². The van der Waals surface area contributed by atoms with Crippen molar-refractivity contribution in [3.05, 3.63) is 17.0 Å². The van der Waals surface area contributed by atoms with Crippen molar-refractivity contribution in [2.45, 2.75) is 65.3 Å². The van der Waals surface area contributed by atoms with Crippen LogP contribution in [0.4, 0.5) is 0 Å². The van der Waals surface area contributed by atoms with Crippen molar-refractivity contribution in [1.82, 2.24) is 10.5 Å². The average molecular weight is 308 g/mol. The lowest BCUT2D eigenvalue weighted by molar-refractivity contribution is -0.139. The molecule has 0 saturated carbocycles. The molecule has 6 nitrogen and oxygen atoms in total. The van der Waals surface area contributed by atoms with Crippen LogP contribution in [0.5, 0.6) is 0 Å². The summed E-state index contributed by atoms with van der Waals surface area (Å²) in [5.41, 5.74) is 1.10. The molecule has 2 rings (SSSR count). The van der Waals surface area contributed by atoms with Crippen molar-refractivity contribution in [2.75, 3.05) is 0 Å². The Bertz CT molecular complexity index is 557. The Kier molecular flexibility index (Phi) is 4.88. The molecule has 1 unspecified atom stereocenters. The number of aliphatic carboxylic acids is 1. The lowest BCUT2D eigenvalue weighted by atomic mass is 9.88. The molecule has 22 heavy (non-hydrogen) atoms. The lowest BCUT2D eigenvalue weighted by Crippen LogP contribution is -2.41. The number of hydrogen-bond donors (Lipinski definition) is 2. The standard InChI is InChI=1S/C16H24N2O4/c1-16(2,3)9-8-11(15(20)21)17-14(19)13-10-6-4-5-7-12(10)22-18-13/h11H,4-9H2,1-3H3,(H,17,19)(H,20,21). The predicted molar refractivity (Wildman–Crippen MR) is 80.7 cm³/mol. The largest absolute Gasteiger partial charge is 0.480 e. The van der Waals surface area contributed by atoms with Gasteiger partial charge in [0, 0.05) is 12.0 Å². The second-order valence-electron chi connectivity index (χ2n) is 7.10. The number of nitrogens with one attached hydrogen (secondary N) is 1.